The number of aromatic nitrogens is 2. The maximum atomic E-state index is 12.9. The summed E-state index contributed by atoms with van der Waals surface area (Å²) in [5.74, 6) is -0.838. The van der Waals surface area contributed by atoms with Crippen LogP contribution < -0.4 is 5.32 Å². The lowest BCUT2D eigenvalue weighted by Crippen LogP contribution is -2.23. The summed E-state index contributed by atoms with van der Waals surface area (Å²) in [7, 11) is 0. The Morgan fingerprint density at radius 3 is 3.00 bits per heavy atom. The van der Waals surface area contributed by atoms with Crippen LogP contribution in [0.2, 0.25) is 0 Å². The molecule has 0 aliphatic rings. The number of nitrogens with one attached hydrogen (secondary N) is 1. The van der Waals surface area contributed by atoms with E-state index in [1.165, 1.54) is 0 Å². The largest absolute Gasteiger partial charge is 0.507 e. The van der Waals surface area contributed by atoms with Crippen molar-refractivity contribution < 1.29 is 18.8 Å². The third-order valence-electron chi connectivity index (χ3n) is 2.17. The van der Waals surface area contributed by atoms with E-state index < -0.39 is 11.7 Å². The highest BCUT2D eigenvalue weighted by molar-refractivity contribution is 5.96. The molecule has 1 aromatic carbocycles. The Kier molecular flexibility index (Phi) is 3.22. The number of aromatic hydroxyl groups is 1. The second-order valence-electron chi connectivity index (χ2n) is 3.58. The van der Waals surface area contributed by atoms with E-state index in [1.54, 1.807) is 6.92 Å². The maximum absolute atomic E-state index is 12.9. The number of benzene rings is 1. The van der Waals surface area contributed by atoms with E-state index >= 15 is 0 Å². The van der Waals surface area contributed by atoms with Gasteiger partial charge in [-0.15, -0.1) is 0 Å². The highest BCUT2D eigenvalue weighted by Gasteiger charge is 2.13. The first-order chi connectivity index (χ1) is 8.56. The first-order valence-electron chi connectivity index (χ1n) is 5.12. The van der Waals surface area contributed by atoms with Crippen LogP contribution >= 0.6 is 0 Å². The van der Waals surface area contributed by atoms with Gasteiger partial charge >= 0.3 is 0 Å². The Morgan fingerprint density at radius 1 is 1.56 bits per heavy atom. The fourth-order valence-electron chi connectivity index (χ4n) is 1.35. The molecule has 0 fully saturated rings. The zero-order chi connectivity index (χ0) is 13.1. The lowest BCUT2D eigenvalue weighted by molar-refractivity contribution is 0.0943. The molecule has 0 saturated heterocycles. The van der Waals surface area contributed by atoms with Gasteiger partial charge in [0.2, 0.25) is 5.89 Å². The molecule has 18 heavy (non-hydrogen) atoms. The molecule has 0 atom stereocenters. The summed E-state index contributed by atoms with van der Waals surface area (Å²) in [5.41, 5.74) is -0.147. The minimum absolute atomic E-state index is 0.00955. The van der Waals surface area contributed by atoms with Gasteiger partial charge in [0.05, 0.1) is 12.1 Å². The monoisotopic (exact) mass is 251 g/mol. The van der Waals surface area contributed by atoms with Crippen molar-refractivity contribution in [2.75, 3.05) is 0 Å². The van der Waals surface area contributed by atoms with E-state index in [0.29, 0.717) is 5.82 Å². The summed E-state index contributed by atoms with van der Waals surface area (Å²) >= 11 is 0. The van der Waals surface area contributed by atoms with Crippen molar-refractivity contribution in [3.05, 3.63) is 41.3 Å². The Hall–Kier alpha value is -2.44. The average molecular weight is 251 g/mol. The number of phenols is 1. The summed E-state index contributed by atoms with van der Waals surface area (Å²) in [6.07, 6.45) is 0. The molecule has 6 nitrogen and oxygen atoms in total. The van der Waals surface area contributed by atoms with Crippen molar-refractivity contribution in [1.29, 1.82) is 0 Å². The lowest BCUT2D eigenvalue weighted by atomic mass is 10.2. The van der Waals surface area contributed by atoms with Crippen LogP contribution in [0.5, 0.6) is 5.75 Å². The molecule has 1 aromatic heterocycles. The number of nitrogens with zero attached hydrogens (tertiary/aromatic N) is 2. The molecule has 7 heteroatoms. The van der Waals surface area contributed by atoms with Gasteiger partial charge in [0.15, 0.2) is 5.82 Å². The standard InChI is InChI=1S/C11H10FN3O3/c1-6-14-10(18-15-6)5-13-11(17)8-4-7(12)2-3-9(8)16/h2-4,16H,5H2,1H3,(H,13,17). The Bertz CT molecular complexity index is 583. The molecule has 0 spiro atoms. The number of aryl methyl sites for hydroxylation is 1. The molecule has 0 unspecified atom stereocenters. The summed E-state index contributed by atoms with van der Waals surface area (Å²) in [4.78, 5) is 15.6. The molecule has 0 radical (unpaired) electrons. The van der Waals surface area contributed by atoms with Gasteiger partial charge in [-0.25, -0.2) is 4.39 Å². The fourth-order valence-corrected chi connectivity index (χ4v) is 1.35. The normalized spacial score (nSPS) is 10.3. The van der Waals surface area contributed by atoms with E-state index in [0.717, 1.165) is 18.2 Å². The Morgan fingerprint density at radius 2 is 2.33 bits per heavy atom. The maximum Gasteiger partial charge on any atom is 0.255 e. The van der Waals surface area contributed by atoms with Gasteiger partial charge in [-0.3, -0.25) is 4.79 Å². The molecule has 94 valence electrons. The molecular weight excluding hydrogens is 241 g/mol. The Balaban J connectivity index is 2.05. The van der Waals surface area contributed by atoms with Crippen molar-refractivity contribution in [3.8, 4) is 5.75 Å². The van der Waals surface area contributed by atoms with Crippen molar-refractivity contribution in [3.63, 3.8) is 0 Å². The molecule has 2 N–H and O–H groups in total. The third-order valence-corrected chi connectivity index (χ3v) is 2.17. The van der Waals surface area contributed by atoms with Crippen molar-refractivity contribution >= 4 is 5.91 Å². The third kappa shape index (κ3) is 2.62. The molecule has 0 aliphatic heterocycles. The van der Waals surface area contributed by atoms with E-state index in [1.807, 2.05) is 0 Å². The SMILES string of the molecule is Cc1noc(CNC(=O)c2cc(F)ccc2O)n1. The number of halogens is 1. The van der Waals surface area contributed by atoms with Crippen LogP contribution in [0, 0.1) is 12.7 Å². The first-order valence-corrected chi connectivity index (χ1v) is 5.12. The molecular formula is C11H10FN3O3. The second kappa shape index (κ2) is 4.82. The predicted molar refractivity (Wildman–Crippen MR) is 58.3 cm³/mol. The number of hydrogen-bond donors (Lipinski definition) is 2. The van der Waals surface area contributed by atoms with E-state index in [-0.39, 0.29) is 23.7 Å². The van der Waals surface area contributed by atoms with Crippen LogP contribution in [-0.4, -0.2) is 21.2 Å². The smallest absolute Gasteiger partial charge is 0.255 e. The molecule has 2 aromatic rings. The van der Waals surface area contributed by atoms with Gasteiger partial charge in [0.1, 0.15) is 11.6 Å². The highest BCUT2D eigenvalue weighted by Crippen LogP contribution is 2.17. The number of amides is 1. The van der Waals surface area contributed by atoms with Crippen LogP contribution in [0.4, 0.5) is 4.39 Å². The first kappa shape index (κ1) is 12.0. The van der Waals surface area contributed by atoms with Gasteiger partial charge in [-0.1, -0.05) is 5.16 Å². The van der Waals surface area contributed by atoms with Crippen molar-refractivity contribution in [2.45, 2.75) is 13.5 Å². The molecule has 0 saturated carbocycles. The quantitative estimate of drug-likeness (QED) is 0.854. The van der Waals surface area contributed by atoms with Gasteiger partial charge in [-0.05, 0) is 25.1 Å². The number of carbonyl (C=O) groups is 1. The van der Waals surface area contributed by atoms with Crippen LogP contribution in [0.3, 0.4) is 0 Å². The van der Waals surface area contributed by atoms with Crippen LogP contribution in [0.15, 0.2) is 22.7 Å². The fraction of sp³-hybridized carbons (Fsp3) is 0.182. The van der Waals surface area contributed by atoms with E-state index in [4.69, 9.17) is 4.52 Å². The van der Waals surface area contributed by atoms with Crippen LogP contribution in [-0.2, 0) is 6.54 Å². The number of phenolic OH excluding ortho intramolecular Hbond substituents is 1. The summed E-state index contributed by atoms with van der Waals surface area (Å²) < 4.78 is 17.7. The highest BCUT2D eigenvalue weighted by atomic mass is 19.1. The second-order valence-corrected chi connectivity index (χ2v) is 3.58. The number of hydrogen-bond acceptors (Lipinski definition) is 5. The number of carbonyl (C=O) groups excluding carboxylic acids is 1. The van der Waals surface area contributed by atoms with Gasteiger partial charge in [0.25, 0.3) is 5.91 Å². The molecule has 1 amide bonds. The van der Waals surface area contributed by atoms with Gasteiger partial charge in [0, 0.05) is 0 Å². The topological polar surface area (TPSA) is 88.2 Å². The Labute approximate surface area is 101 Å². The summed E-state index contributed by atoms with van der Waals surface area (Å²) in [5, 5.41) is 15.4. The zero-order valence-corrected chi connectivity index (χ0v) is 9.48. The predicted octanol–water partition coefficient (Wildman–Crippen LogP) is 1.15. The van der Waals surface area contributed by atoms with Gasteiger partial charge in [-0.2, -0.15) is 4.98 Å². The molecule has 0 aliphatic carbocycles. The molecule has 2 rings (SSSR count). The minimum atomic E-state index is -0.622. The van der Waals surface area contributed by atoms with Gasteiger partial charge < -0.3 is 14.9 Å². The average Bonchev–Trinajstić information content (AvgIpc) is 2.75. The van der Waals surface area contributed by atoms with Crippen LogP contribution in [0.25, 0.3) is 0 Å². The zero-order valence-electron chi connectivity index (χ0n) is 9.48. The van der Waals surface area contributed by atoms with E-state index in [9.17, 15) is 14.3 Å². The molecule has 1 heterocycles. The minimum Gasteiger partial charge on any atom is -0.507 e. The van der Waals surface area contributed by atoms with E-state index in [2.05, 4.69) is 15.5 Å². The molecule has 0 bridgehead atoms. The van der Waals surface area contributed by atoms with Crippen molar-refractivity contribution in [1.82, 2.24) is 15.5 Å². The number of rotatable bonds is 3. The summed E-state index contributed by atoms with van der Waals surface area (Å²) in [6, 6.07) is 3.12. The summed E-state index contributed by atoms with van der Waals surface area (Å²) in [6.45, 7) is 1.66. The lowest BCUT2D eigenvalue weighted by Gasteiger charge is -2.04. The van der Waals surface area contributed by atoms with Crippen molar-refractivity contribution in [2.24, 2.45) is 0 Å². The van der Waals surface area contributed by atoms with Crippen LogP contribution in [0.1, 0.15) is 22.1 Å².